The smallest absolute Gasteiger partial charge is 0.135 e. The second kappa shape index (κ2) is 5.45. The molecule has 0 bridgehead atoms. The number of benzene rings is 1. The number of nitrogens with one attached hydrogen (secondary N) is 1. The van der Waals surface area contributed by atoms with Gasteiger partial charge in [0.05, 0.1) is 0 Å². The number of aryl methyl sites for hydroxylation is 2. The Morgan fingerprint density at radius 3 is 2.30 bits per heavy atom. The van der Waals surface area contributed by atoms with E-state index in [0.29, 0.717) is 5.92 Å². The van der Waals surface area contributed by atoms with Gasteiger partial charge >= 0.3 is 0 Å². The van der Waals surface area contributed by atoms with Gasteiger partial charge in [-0.25, -0.2) is 9.97 Å². The summed E-state index contributed by atoms with van der Waals surface area (Å²) >= 11 is 7.05. The molecule has 1 aromatic carbocycles. The van der Waals surface area contributed by atoms with Crippen LogP contribution in [0.3, 0.4) is 0 Å². The number of nitrogens with zero attached hydrogens (tertiary/aromatic N) is 2. The van der Waals surface area contributed by atoms with Crippen molar-refractivity contribution in [1.29, 1.82) is 0 Å². The molecule has 1 N–H and O–H groups in total. The molecular weight excluding hydrogens is 382 g/mol. The zero-order valence-corrected chi connectivity index (χ0v) is 14.5. The lowest BCUT2D eigenvalue weighted by atomic mass is 10.1. The molecule has 1 fully saturated rings. The van der Waals surface area contributed by atoms with Crippen molar-refractivity contribution in [1.82, 2.24) is 9.97 Å². The summed E-state index contributed by atoms with van der Waals surface area (Å²) in [6.07, 6.45) is 2.40. The van der Waals surface area contributed by atoms with Crippen LogP contribution in [0.2, 0.25) is 0 Å². The molecule has 0 amide bonds. The maximum absolute atomic E-state index is 4.61. The topological polar surface area (TPSA) is 37.8 Å². The number of rotatable bonds is 3. The summed E-state index contributed by atoms with van der Waals surface area (Å²) in [6.45, 7) is 4.18. The lowest BCUT2D eigenvalue weighted by molar-refractivity contribution is 0.919. The van der Waals surface area contributed by atoms with Gasteiger partial charge in [0.25, 0.3) is 0 Å². The molecule has 0 unspecified atom stereocenters. The Hall–Kier alpha value is -0.940. The van der Waals surface area contributed by atoms with Gasteiger partial charge in [-0.3, -0.25) is 0 Å². The molecule has 0 radical (unpaired) electrons. The molecule has 1 aliphatic carbocycles. The van der Waals surface area contributed by atoms with Crippen LogP contribution in [-0.2, 0) is 0 Å². The predicted molar refractivity (Wildman–Crippen MR) is 88.6 cm³/mol. The summed E-state index contributed by atoms with van der Waals surface area (Å²) in [5.41, 5.74) is 3.47. The van der Waals surface area contributed by atoms with Gasteiger partial charge in [-0.1, -0.05) is 15.9 Å². The minimum Gasteiger partial charge on any atom is -0.340 e. The normalized spacial score (nSPS) is 14.4. The minimum absolute atomic E-state index is 0.543. The third kappa shape index (κ3) is 3.04. The quantitative estimate of drug-likeness (QED) is 0.721. The standard InChI is InChI=1S/C15H15Br2N3/c1-8-5-11(6-9(2)14(8)17)18-13-7-12(16)19-15(20-13)10-3-4-10/h5-7,10H,3-4H2,1-2H3,(H,18,19,20). The van der Waals surface area contributed by atoms with Gasteiger partial charge in [0.1, 0.15) is 16.2 Å². The summed E-state index contributed by atoms with van der Waals surface area (Å²) < 4.78 is 1.99. The first-order valence-electron chi connectivity index (χ1n) is 6.61. The van der Waals surface area contributed by atoms with E-state index in [1.807, 2.05) is 6.07 Å². The van der Waals surface area contributed by atoms with Crippen LogP contribution in [0.4, 0.5) is 11.5 Å². The van der Waals surface area contributed by atoms with Crippen LogP contribution >= 0.6 is 31.9 Å². The number of halogens is 2. The maximum Gasteiger partial charge on any atom is 0.135 e. The molecule has 20 heavy (non-hydrogen) atoms. The van der Waals surface area contributed by atoms with Crippen molar-refractivity contribution in [3.63, 3.8) is 0 Å². The minimum atomic E-state index is 0.543. The van der Waals surface area contributed by atoms with Crippen molar-refractivity contribution in [3.8, 4) is 0 Å². The van der Waals surface area contributed by atoms with Gasteiger partial charge in [0.15, 0.2) is 0 Å². The van der Waals surface area contributed by atoms with Crippen molar-refractivity contribution >= 4 is 43.4 Å². The predicted octanol–water partition coefficient (Wildman–Crippen LogP) is 5.24. The Kier molecular flexibility index (Phi) is 3.82. The molecule has 5 heteroatoms. The highest BCUT2D eigenvalue weighted by Gasteiger charge is 2.27. The van der Waals surface area contributed by atoms with Crippen LogP contribution in [0.15, 0.2) is 27.3 Å². The average molecular weight is 397 g/mol. The Bertz CT molecular complexity index is 643. The lowest BCUT2D eigenvalue weighted by Gasteiger charge is -2.11. The molecule has 0 atom stereocenters. The summed E-state index contributed by atoms with van der Waals surface area (Å²) in [6, 6.07) is 6.15. The molecular formula is C15H15Br2N3. The Morgan fingerprint density at radius 1 is 1.05 bits per heavy atom. The molecule has 0 spiro atoms. The zero-order valence-electron chi connectivity index (χ0n) is 11.4. The Labute approximate surface area is 135 Å². The van der Waals surface area contributed by atoms with E-state index in [9.17, 15) is 0 Å². The van der Waals surface area contributed by atoms with Gasteiger partial charge in [-0.2, -0.15) is 0 Å². The van der Waals surface area contributed by atoms with Crippen molar-refractivity contribution in [2.45, 2.75) is 32.6 Å². The van der Waals surface area contributed by atoms with Gasteiger partial charge in [0, 0.05) is 22.1 Å². The fraction of sp³-hybridized carbons (Fsp3) is 0.333. The van der Waals surface area contributed by atoms with Gasteiger partial charge in [0.2, 0.25) is 0 Å². The first-order valence-corrected chi connectivity index (χ1v) is 8.20. The SMILES string of the molecule is Cc1cc(Nc2cc(Br)nc(C3CC3)n2)cc(C)c1Br. The Balaban J connectivity index is 1.91. The summed E-state index contributed by atoms with van der Waals surface area (Å²) in [4.78, 5) is 9.05. The summed E-state index contributed by atoms with van der Waals surface area (Å²) in [7, 11) is 0. The number of anilines is 2. The first kappa shape index (κ1) is 14.0. The van der Waals surface area contributed by atoms with Gasteiger partial charge in [-0.15, -0.1) is 0 Å². The first-order chi connectivity index (χ1) is 9.52. The highest BCUT2D eigenvalue weighted by Crippen LogP contribution is 2.39. The van der Waals surface area contributed by atoms with Crippen molar-refractivity contribution in [2.75, 3.05) is 5.32 Å². The summed E-state index contributed by atoms with van der Waals surface area (Å²) in [5, 5.41) is 3.37. The van der Waals surface area contributed by atoms with E-state index in [4.69, 9.17) is 0 Å². The molecule has 1 aliphatic rings. The second-order valence-electron chi connectivity index (χ2n) is 5.26. The van der Waals surface area contributed by atoms with Crippen molar-refractivity contribution < 1.29 is 0 Å². The highest BCUT2D eigenvalue weighted by molar-refractivity contribution is 9.10. The maximum atomic E-state index is 4.61. The fourth-order valence-corrected chi connectivity index (χ4v) is 2.82. The molecule has 0 aliphatic heterocycles. The molecule has 3 nitrogen and oxygen atoms in total. The monoisotopic (exact) mass is 395 g/mol. The van der Waals surface area contributed by atoms with Crippen LogP contribution in [0, 0.1) is 13.8 Å². The number of aromatic nitrogens is 2. The third-order valence-electron chi connectivity index (χ3n) is 3.36. The third-order valence-corrected chi connectivity index (χ3v) is 5.02. The van der Waals surface area contributed by atoms with Crippen LogP contribution < -0.4 is 5.32 Å². The molecule has 104 valence electrons. The molecule has 3 rings (SSSR count). The van der Waals surface area contributed by atoms with Crippen molar-refractivity contribution in [2.24, 2.45) is 0 Å². The van der Waals surface area contributed by atoms with Crippen LogP contribution in [0.25, 0.3) is 0 Å². The van der Waals surface area contributed by atoms with E-state index < -0.39 is 0 Å². The number of hydrogen-bond acceptors (Lipinski definition) is 3. The van der Waals surface area contributed by atoms with Crippen LogP contribution in [-0.4, -0.2) is 9.97 Å². The number of hydrogen-bond donors (Lipinski definition) is 1. The molecule has 0 saturated heterocycles. The lowest BCUT2D eigenvalue weighted by Crippen LogP contribution is -2.00. The van der Waals surface area contributed by atoms with Crippen LogP contribution in [0.5, 0.6) is 0 Å². The van der Waals surface area contributed by atoms with Gasteiger partial charge < -0.3 is 5.32 Å². The second-order valence-corrected chi connectivity index (χ2v) is 6.86. The van der Waals surface area contributed by atoms with E-state index in [1.54, 1.807) is 0 Å². The molecule has 2 aromatic rings. The van der Waals surface area contributed by atoms with E-state index in [1.165, 1.54) is 24.0 Å². The van der Waals surface area contributed by atoms with E-state index in [0.717, 1.165) is 26.4 Å². The largest absolute Gasteiger partial charge is 0.340 e. The van der Waals surface area contributed by atoms with Gasteiger partial charge in [-0.05, 0) is 65.9 Å². The van der Waals surface area contributed by atoms with Crippen LogP contribution in [0.1, 0.15) is 35.7 Å². The van der Waals surface area contributed by atoms with E-state index in [-0.39, 0.29) is 0 Å². The molecule has 1 aromatic heterocycles. The fourth-order valence-electron chi connectivity index (χ4n) is 2.19. The van der Waals surface area contributed by atoms with Crippen molar-refractivity contribution in [3.05, 3.63) is 44.2 Å². The Morgan fingerprint density at radius 2 is 1.70 bits per heavy atom. The highest BCUT2D eigenvalue weighted by atomic mass is 79.9. The summed E-state index contributed by atoms with van der Waals surface area (Å²) in [5.74, 6) is 2.32. The molecule has 1 saturated carbocycles. The van der Waals surface area contributed by atoms with E-state index >= 15 is 0 Å². The van der Waals surface area contributed by atoms with E-state index in [2.05, 4.69) is 73.1 Å². The molecule has 1 heterocycles. The average Bonchev–Trinajstić information content (AvgIpc) is 3.19. The zero-order chi connectivity index (χ0) is 14.3.